The molecule has 5 rings (SSSR count). The third-order valence-corrected chi connectivity index (χ3v) is 7.91. The van der Waals surface area contributed by atoms with Gasteiger partial charge in [0, 0.05) is 62.5 Å². The largest absolute Gasteiger partial charge is 0.438 e. The molecule has 0 unspecified atom stereocenters. The van der Waals surface area contributed by atoms with Crippen molar-refractivity contribution < 1.29 is 14.6 Å². The van der Waals surface area contributed by atoms with Crippen LogP contribution in [0.1, 0.15) is 41.5 Å². The van der Waals surface area contributed by atoms with Crippen molar-refractivity contribution in [3.8, 4) is 11.6 Å². The zero-order valence-electron chi connectivity index (χ0n) is 22.0. The van der Waals surface area contributed by atoms with Gasteiger partial charge in [-0.1, -0.05) is 41.9 Å². The summed E-state index contributed by atoms with van der Waals surface area (Å²) in [5.74, 6) is 1.42. The number of carbonyl (C=O) groups is 1. The summed E-state index contributed by atoms with van der Waals surface area (Å²) in [6.45, 7) is 2.58. The minimum absolute atomic E-state index is 0.0625. The van der Waals surface area contributed by atoms with Gasteiger partial charge in [0.15, 0.2) is 0 Å². The number of nitrogens with zero attached hydrogens (tertiary/aromatic N) is 3. The van der Waals surface area contributed by atoms with Crippen LogP contribution in [0.15, 0.2) is 66.9 Å². The van der Waals surface area contributed by atoms with Gasteiger partial charge in [0.25, 0.3) is 0 Å². The summed E-state index contributed by atoms with van der Waals surface area (Å²) < 4.78 is 6.26. The summed E-state index contributed by atoms with van der Waals surface area (Å²) in [5.41, 5.74) is 4.31. The summed E-state index contributed by atoms with van der Waals surface area (Å²) in [6, 6.07) is 17.4. The molecule has 198 valence electrons. The highest BCUT2D eigenvalue weighted by Crippen LogP contribution is 2.39. The molecule has 3 aromatic rings. The van der Waals surface area contributed by atoms with Gasteiger partial charge in [-0.25, -0.2) is 4.98 Å². The van der Waals surface area contributed by atoms with Crippen molar-refractivity contribution in [2.24, 2.45) is 0 Å². The molecule has 1 amide bonds. The maximum Gasteiger partial charge on any atom is 0.226 e. The Morgan fingerprint density at radius 3 is 2.63 bits per heavy atom. The summed E-state index contributed by atoms with van der Waals surface area (Å²) >= 11 is 6.03. The Labute approximate surface area is 229 Å². The minimum atomic E-state index is -0.799. The molecule has 6 nitrogen and oxygen atoms in total. The normalized spacial score (nSPS) is 17.7. The second kappa shape index (κ2) is 11.3. The second-order valence-electron chi connectivity index (χ2n) is 10.4. The number of rotatable bonds is 6. The van der Waals surface area contributed by atoms with Crippen LogP contribution in [0.5, 0.6) is 11.6 Å². The number of aliphatic hydroxyl groups is 1. The molecule has 1 saturated heterocycles. The first kappa shape index (κ1) is 26.4. The van der Waals surface area contributed by atoms with Gasteiger partial charge in [-0.3, -0.25) is 4.79 Å². The van der Waals surface area contributed by atoms with Crippen LogP contribution in [0.4, 0.5) is 0 Å². The number of allylic oxidation sites excluding steroid dienone is 1. The van der Waals surface area contributed by atoms with E-state index in [0.29, 0.717) is 36.6 Å². The van der Waals surface area contributed by atoms with E-state index in [4.69, 9.17) is 16.3 Å². The maximum absolute atomic E-state index is 12.5. The van der Waals surface area contributed by atoms with Crippen molar-refractivity contribution in [2.45, 2.75) is 37.7 Å². The monoisotopic (exact) mass is 531 g/mol. The Bertz CT molecular complexity index is 1330. The van der Waals surface area contributed by atoms with Crippen LogP contribution >= 0.6 is 11.6 Å². The maximum atomic E-state index is 12.5. The van der Waals surface area contributed by atoms with Crippen molar-refractivity contribution in [1.82, 2.24) is 14.8 Å². The Hall–Kier alpha value is -3.19. The van der Waals surface area contributed by atoms with Crippen LogP contribution in [-0.4, -0.2) is 59.5 Å². The fourth-order valence-electron chi connectivity index (χ4n) is 5.30. The van der Waals surface area contributed by atoms with E-state index in [2.05, 4.69) is 22.0 Å². The molecular weight excluding hydrogens is 498 g/mol. The summed E-state index contributed by atoms with van der Waals surface area (Å²) in [5, 5.41) is 11.9. The molecule has 1 fully saturated rings. The van der Waals surface area contributed by atoms with Crippen molar-refractivity contribution >= 4 is 23.1 Å². The lowest BCUT2D eigenvalue weighted by atomic mass is 9.84. The van der Waals surface area contributed by atoms with Gasteiger partial charge < -0.3 is 19.6 Å². The topological polar surface area (TPSA) is 65.9 Å². The average Bonchev–Trinajstić information content (AvgIpc) is 3.07. The van der Waals surface area contributed by atoms with Gasteiger partial charge >= 0.3 is 0 Å². The number of aromatic nitrogens is 1. The SMILES string of the molecule is CN(C)C(=O)Cc1cccc2c1CC(=CCCN1CCC(O)(c3ccc(Cl)cc3)CC1)c1cccnc1O2. The molecule has 3 heterocycles. The number of pyridine rings is 1. The van der Waals surface area contributed by atoms with Crippen LogP contribution in [-0.2, 0) is 23.2 Å². The number of benzene rings is 2. The van der Waals surface area contributed by atoms with Crippen LogP contribution in [0.3, 0.4) is 0 Å². The number of likely N-dealkylation sites (N-methyl/N-ethyl adjacent to an activating group) is 1. The quantitative estimate of drug-likeness (QED) is 0.457. The van der Waals surface area contributed by atoms with Crippen molar-refractivity contribution in [1.29, 1.82) is 0 Å². The fourth-order valence-corrected chi connectivity index (χ4v) is 5.43. The number of likely N-dealkylation sites (tertiary alicyclic amines) is 1. The molecule has 2 aromatic carbocycles. The van der Waals surface area contributed by atoms with E-state index >= 15 is 0 Å². The van der Waals surface area contributed by atoms with Crippen molar-refractivity contribution in [2.75, 3.05) is 33.7 Å². The summed E-state index contributed by atoms with van der Waals surface area (Å²) in [6.07, 6.45) is 7.31. The lowest BCUT2D eigenvalue weighted by Gasteiger charge is -2.38. The van der Waals surface area contributed by atoms with Gasteiger partial charge in [0.2, 0.25) is 11.8 Å². The van der Waals surface area contributed by atoms with E-state index in [1.807, 2.05) is 48.5 Å². The highest BCUT2D eigenvalue weighted by atomic mass is 35.5. The molecule has 1 N–H and O–H groups in total. The molecule has 0 bridgehead atoms. The third kappa shape index (κ3) is 5.78. The molecule has 38 heavy (non-hydrogen) atoms. The van der Waals surface area contributed by atoms with Crippen LogP contribution in [0.25, 0.3) is 5.57 Å². The van der Waals surface area contributed by atoms with E-state index < -0.39 is 5.60 Å². The molecule has 0 saturated carbocycles. The van der Waals surface area contributed by atoms with Gasteiger partial charge in [-0.15, -0.1) is 0 Å². The van der Waals surface area contributed by atoms with E-state index in [0.717, 1.165) is 59.6 Å². The zero-order valence-corrected chi connectivity index (χ0v) is 22.7. The van der Waals surface area contributed by atoms with Gasteiger partial charge in [0.05, 0.1) is 12.0 Å². The summed E-state index contributed by atoms with van der Waals surface area (Å²) in [4.78, 5) is 21.1. The molecule has 0 atom stereocenters. The zero-order chi connectivity index (χ0) is 26.7. The first-order valence-electron chi connectivity index (χ1n) is 13.2. The van der Waals surface area contributed by atoms with E-state index in [9.17, 15) is 9.90 Å². The molecule has 7 heteroatoms. The van der Waals surface area contributed by atoms with Crippen LogP contribution in [0.2, 0.25) is 5.02 Å². The molecule has 0 spiro atoms. The Morgan fingerprint density at radius 2 is 1.89 bits per heavy atom. The molecule has 2 aliphatic heterocycles. The standard InChI is InChI=1S/C31H34ClN3O3/c1-34(2)29(36)21-23-6-3-9-28-27(23)20-22(26-8-4-16-33-30(26)38-28)7-5-17-35-18-14-31(37,15-19-35)24-10-12-25(32)13-11-24/h3-4,6-13,16,37H,5,14-15,17-21H2,1-2H3. The van der Waals surface area contributed by atoms with E-state index in [1.165, 1.54) is 0 Å². The number of hydrogen-bond acceptors (Lipinski definition) is 5. The van der Waals surface area contributed by atoms with E-state index in [1.54, 1.807) is 25.2 Å². The average molecular weight is 532 g/mol. The minimum Gasteiger partial charge on any atom is -0.438 e. The first-order chi connectivity index (χ1) is 18.3. The Kier molecular flexibility index (Phi) is 7.84. The molecular formula is C31H34ClN3O3. The number of carbonyl (C=O) groups excluding carboxylic acids is 1. The van der Waals surface area contributed by atoms with Crippen molar-refractivity contribution in [3.63, 3.8) is 0 Å². The molecule has 2 aliphatic rings. The highest BCUT2D eigenvalue weighted by Gasteiger charge is 2.33. The predicted molar refractivity (Wildman–Crippen MR) is 150 cm³/mol. The fraction of sp³-hybridized carbons (Fsp3) is 0.355. The van der Waals surface area contributed by atoms with Gasteiger partial charge in [-0.05, 0) is 66.3 Å². The second-order valence-corrected chi connectivity index (χ2v) is 10.8. The van der Waals surface area contributed by atoms with E-state index in [-0.39, 0.29) is 5.91 Å². The summed E-state index contributed by atoms with van der Waals surface area (Å²) in [7, 11) is 3.56. The number of hydrogen-bond donors (Lipinski definition) is 1. The number of fused-ring (bicyclic) bond motifs is 2. The smallest absolute Gasteiger partial charge is 0.226 e. The highest BCUT2D eigenvalue weighted by molar-refractivity contribution is 6.30. The Balaban J connectivity index is 1.30. The van der Waals surface area contributed by atoms with Crippen molar-refractivity contribution in [3.05, 3.63) is 94.1 Å². The molecule has 0 radical (unpaired) electrons. The first-order valence-corrected chi connectivity index (χ1v) is 13.5. The Morgan fingerprint density at radius 1 is 1.13 bits per heavy atom. The number of amides is 1. The molecule has 0 aliphatic carbocycles. The number of ether oxygens (including phenoxy) is 1. The predicted octanol–water partition coefficient (Wildman–Crippen LogP) is 5.47. The lowest BCUT2D eigenvalue weighted by molar-refractivity contribution is -0.127. The van der Waals surface area contributed by atoms with Gasteiger partial charge in [-0.2, -0.15) is 0 Å². The third-order valence-electron chi connectivity index (χ3n) is 7.66. The van der Waals surface area contributed by atoms with Crippen LogP contribution < -0.4 is 4.74 Å². The van der Waals surface area contributed by atoms with Crippen LogP contribution in [0, 0.1) is 0 Å². The number of halogens is 1. The number of piperidine rings is 1. The molecule has 1 aromatic heterocycles. The lowest BCUT2D eigenvalue weighted by Crippen LogP contribution is -2.42. The van der Waals surface area contributed by atoms with Gasteiger partial charge in [0.1, 0.15) is 5.75 Å².